The molecule has 1 aromatic rings. The number of rotatable bonds is 2. The van der Waals surface area contributed by atoms with Crippen molar-refractivity contribution in [3.05, 3.63) is 34.1 Å². The Morgan fingerprint density at radius 3 is 2.76 bits per heavy atom. The third-order valence-corrected chi connectivity index (χ3v) is 3.58. The van der Waals surface area contributed by atoms with E-state index in [1.165, 1.54) is 12.1 Å². The third-order valence-electron chi connectivity index (χ3n) is 2.97. The number of nitrogens with one attached hydrogen (secondary N) is 1. The Bertz CT molecular complexity index is 506. The predicted octanol–water partition coefficient (Wildman–Crippen LogP) is 2.76. The first-order valence-corrected chi connectivity index (χ1v) is 6.05. The highest BCUT2D eigenvalue weighted by Gasteiger charge is 2.39. The number of hydrogen-bond acceptors (Lipinski definition) is 2. The molecule has 1 aliphatic rings. The molecular formula is C12H10BrFN2O. The van der Waals surface area contributed by atoms with E-state index in [9.17, 15) is 9.18 Å². The summed E-state index contributed by atoms with van der Waals surface area (Å²) in [6.07, 6.45) is 2.17. The topological polar surface area (TPSA) is 52.9 Å². The molecule has 5 heteroatoms. The molecule has 1 saturated carbocycles. The maximum absolute atomic E-state index is 13.7. The molecule has 0 atom stereocenters. The summed E-state index contributed by atoms with van der Waals surface area (Å²) in [5.74, 6) is -1.14. The maximum atomic E-state index is 13.7. The van der Waals surface area contributed by atoms with E-state index in [0.717, 1.165) is 6.42 Å². The van der Waals surface area contributed by atoms with Gasteiger partial charge in [-0.2, -0.15) is 5.26 Å². The van der Waals surface area contributed by atoms with Crippen molar-refractivity contribution in [2.75, 3.05) is 0 Å². The summed E-state index contributed by atoms with van der Waals surface area (Å²) in [4.78, 5) is 11.9. The monoisotopic (exact) mass is 296 g/mol. The second-order valence-electron chi connectivity index (χ2n) is 4.10. The Morgan fingerprint density at radius 1 is 1.53 bits per heavy atom. The highest BCUT2D eigenvalue weighted by atomic mass is 79.9. The molecule has 1 aromatic carbocycles. The van der Waals surface area contributed by atoms with Crippen LogP contribution in [0.2, 0.25) is 0 Å². The molecule has 0 aromatic heterocycles. The highest BCUT2D eigenvalue weighted by Crippen LogP contribution is 2.31. The molecule has 2 rings (SSSR count). The summed E-state index contributed by atoms with van der Waals surface area (Å²) in [5, 5.41) is 11.6. The van der Waals surface area contributed by atoms with E-state index in [1.54, 1.807) is 6.07 Å². The number of halogens is 2. The van der Waals surface area contributed by atoms with Crippen molar-refractivity contribution < 1.29 is 9.18 Å². The lowest BCUT2D eigenvalue weighted by Crippen LogP contribution is -2.52. The summed E-state index contributed by atoms with van der Waals surface area (Å²) in [6.45, 7) is 0. The maximum Gasteiger partial charge on any atom is 0.255 e. The molecule has 0 saturated heterocycles. The summed E-state index contributed by atoms with van der Waals surface area (Å²) in [5.41, 5.74) is -0.841. The molecule has 0 spiro atoms. The Labute approximate surface area is 107 Å². The average molecular weight is 297 g/mol. The summed E-state index contributed by atoms with van der Waals surface area (Å²) >= 11 is 3.02. The van der Waals surface area contributed by atoms with Crippen LogP contribution in [0, 0.1) is 17.1 Å². The van der Waals surface area contributed by atoms with E-state index in [2.05, 4.69) is 27.3 Å². The van der Waals surface area contributed by atoms with E-state index in [-0.39, 0.29) is 10.0 Å². The van der Waals surface area contributed by atoms with E-state index in [0.29, 0.717) is 12.8 Å². The van der Waals surface area contributed by atoms with Crippen LogP contribution in [0.1, 0.15) is 29.6 Å². The first-order chi connectivity index (χ1) is 8.08. The van der Waals surface area contributed by atoms with E-state index in [1.807, 2.05) is 0 Å². The van der Waals surface area contributed by atoms with Crippen molar-refractivity contribution in [3.8, 4) is 6.07 Å². The number of nitriles is 1. The van der Waals surface area contributed by atoms with Gasteiger partial charge in [0.25, 0.3) is 5.91 Å². The lowest BCUT2D eigenvalue weighted by Gasteiger charge is -2.35. The van der Waals surface area contributed by atoms with Crippen LogP contribution >= 0.6 is 15.9 Å². The summed E-state index contributed by atoms with van der Waals surface area (Å²) in [6, 6.07) is 6.59. The molecule has 17 heavy (non-hydrogen) atoms. The quantitative estimate of drug-likeness (QED) is 0.912. The Hall–Kier alpha value is -1.41. The lowest BCUT2D eigenvalue weighted by molar-refractivity contribution is 0.0877. The van der Waals surface area contributed by atoms with Crippen molar-refractivity contribution in [1.29, 1.82) is 5.26 Å². The van der Waals surface area contributed by atoms with Gasteiger partial charge in [0, 0.05) is 0 Å². The van der Waals surface area contributed by atoms with Crippen molar-refractivity contribution in [2.45, 2.75) is 24.8 Å². The second kappa shape index (κ2) is 4.46. The number of carbonyl (C=O) groups is 1. The number of carbonyl (C=O) groups excluding carboxylic acids is 1. The van der Waals surface area contributed by atoms with Crippen LogP contribution in [0.5, 0.6) is 0 Å². The standard InChI is InChI=1S/C12H10BrFN2O/c13-9-4-1-3-8(10(9)14)11(17)16-12(7-15)5-2-6-12/h1,3-4H,2,5-6H2,(H,16,17). The van der Waals surface area contributed by atoms with Gasteiger partial charge in [-0.05, 0) is 47.3 Å². The molecule has 1 N–H and O–H groups in total. The SMILES string of the molecule is N#CC1(NC(=O)c2cccc(Br)c2F)CCC1. The zero-order valence-corrected chi connectivity index (χ0v) is 10.6. The molecule has 3 nitrogen and oxygen atoms in total. The van der Waals surface area contributed by atoms with Crippen LogP contribution in [0.3, 0.4) is 0 Å². The van der Waals surface area contributed by atoms with Crippen LogP contribution in [0.25, 0.3) is 0 Å². The molecule has 0 aliphatic heterocycles. The zero-order chi connectivity index (χ0) is 12.5. The van der Waals surface area contributed by atoms with Crippen LogP contribution in [0.4, 0.5) is 4.39 Å². The third kappa shape index (κ3) is 2.18. The van der Waals surface area contributed by atoms with E-state index < -0.39 is 17.3 Å². The molecule has 88 valence electrons. The van der Waals surface area contributed by atoms with Crippen molar-refractivity contribution in [2.24, 2.45) is 0 Å². The minimum Gasteiger partial charge on any atom is -0.334 e. The molecule has 0 radical (unpaired) electrons. The fourth-order valence-corrected chi connectivity index (χ4v) is 2.13. The Balaban J connectivity index is 2.21. The minimum absolute atomic E-state index is 0.0408. The van der Waals surface area contributed by atoms with E-state index in [4.69, 9.17) is 5.26 Å². The van der Waals surface area contributed by atoms with Gasteiger partial charge in [0.15, 0.2) is 0 Å². The second-order valence-corrected chi connectivity index (χ2v) is 4.96. The highest BCUT2D eigenvalue weighted by molar-refractivity contribution is 9.10. The van der Waals surface area contributed by atoms with Gasteiger partial charge in [-0.25, -0.2) is 4.39 Å². The molecule has 1 aliphatic carbocycles. The van der Waals surface area contributed by atoms with Gasteiger partial charge in [0.1, 0.15) is 11.4 Å². The minimum atomic E-state index is -0.800. The van der Waals surface area contributed by atoms with Crippen LogP contribution in [0.15, 0.2) is 22.7 Å². The van der Waals surface area contributed by atoms with Gasteiger partial charge in [0.05, 0.1) is 16.1 Å². The normalized spacial score (nSPS) is 16.8. The lowest BCUT2D eigenvalue weighted by atomic mass is 9.78. The van der Waals surface area contributed by atoms with Gasteiger partial charge >= 0.3 is 0 Å². The van der Waals surface area contributed by atoms with Gasteiger partial charge in [-0.3, -0.25) is 4.79 Å². The molecule has 1 fully saturated rings. The molecule has 0 heterocycles. The molecular weight excluding hydrogens is 287 g/mol. The van der Waals surface area contributed by atoms with Crippen molar-refractivity contribution in [1.82, 2.24) is 5.32 Å². The first kappa shape index (κ1) is 12.1. The molecule has 0 unspecified atom stereocenters. The fourth-order valence-electron chi connectivity index (χ4n) is 1.76. The fraction of sp³-hybridized carbons (Fsp3) is 0.333. The zero-order valence-electron chi connectivity index (χ0n) is 8.96. The average Bonchev–Trinajstić information content (AvgIpc) is 2.27. The van der Waals surface area contributed by atoms with Crippen molar-refractivity contribution >= 4 is 21.8 Å². The summed E-state index contributed by atoms with van der Waals surface area (Å²) < 4.78 is 13.9. The molecule has 0 bridgehead atoms. The first-order valence-electron chi connectivity index (χ1n) is 5.26. The Morgan fingerprint density at radius 2 is 2.24 bits per heavy atom. The van der Waals surface area contributed by atoms with Crippen LogP contribution in [-0.4, -0.2) is 11.4 Å². The number of nitrogens with zero attached hydrogens (tertiary/aromatic N) is 1. The number of benzene rings is 1. The van der Waals surface area contributed by atoms with Crippen LogP contribution < -0.4 is 5.32 Å². The van der Waals surface area contributed by atoms with E-state index >= 15 is 0 Å². The Kier molecular flexibility index (Phi) is 3.16. The van der Waals surface area contributed by atoms with Crippen LogP contribution in [-0.2, 0) is 0 Å². The van der Waals surface area contributed by atoms with Crippen molar-refractivity contribution in [3.63, 3.8) is 0 Å². The number of hydrogen-bond donors (Lipinski definition) is 1. The van der Waals surface area contributed by atoms with Gasteiger partial charge in [-0.1, -0.05) is 6.07 Å². The predicted molar refractivity (Wildman–Crippen MR) is 63.8 cm³/mol. The van der Waals surface area contributed by atoms with Gasteiger partial charge in [0.2, 0.25) is 0 Å². The van der Waals surface area contributed by atoms with Gasteiger partial charge in [-0.15, -0.1) is 0 Å². The summed E-state index contributed by atoms with van der Waals surface area (Å²) in [7, 11) is 0. The smallest absolute Gasteiger partial charge is 0.255 e. The van der Waals surface area contributed by atoms with Gasteiger partial charge < -0.3 is 5.32 Å². The molecule has 1 amide bonds. The largest absolute Gasteiger partial charge is 0.334 e. The number of amides is 1.